The minimum atomic E-state index is 0.0588. The minimum Gasteiger partial charge on any atom is -0.397 e. The summed E-state index contributed by atoms with van der Waals surface area (Å²) in [4.78, 5) is 15.2. The Morgan fingerprint density at radius 3 is 3.05 bits per heavy atom. The van der Waals surface area contributed by atoms with Crippen molar-refractivity contribution < 1.29 is 4.79 Å². The molecular weight excluding hydrogens is 338 g/mol. The number of carbonyl (C=O) groups is 1. The van der Waals surface area contributed by atoms with Crippen molar-refractivity contribution in [2.24, 2.45) is 0 Å². The molecule has 1 saturated heterocycles. The van der Waals surface area contributed by atoms with Gasteiger partial charge in [-0.15, -0.1) is 11.3 Å². The fourth-order valence-corrected chi connectivity index (χ4v) is 3.87. The maximum absolute atomic E-state index is 12.6. The van der Waals surface area contributed by atoms with Gasteiger partial charge >= 0.3 is 0 Å². The van der Waals surface area contributed by atoms with E-state index in [2.05, 4.69) is 21.2 Å². The van der Waals surface area contributed by atoms with Crippen LogP contribution in [0.5, 0.6) is 0 Å². The van der Waals surface area contributed by atoms with E-state index in [9.17, 15) is 4.79 Å². The number of halogens is 1. The van der Waals surface area contributed by atoms with Gasteiger partial charge in [-0.1, -0.05) is 15.9 Å². The van der Waals surface area contributed by atoms with E-state index in [0.717, 1.165) is 47.2 Å². The molecule has 1 aliphatic rings. The van der Waals surface area contributed by atoms with E-state index in [1.165, 1.54) is 11.3 Å². The van der Waals surface area contributed by atoms with E-state index in [4.69, 9.17) is 5.73 Å². The zero-order valence-electron chi connectivity index (χ0n) is 11.0. The average molecular weight is 354 g/mol. The first-order valence-electron chi connectivity index (χ1n) is 6.64. The molecule has 20 heavy (non-hydrogen) atoms. The molecule has 0 unspecified atom stereocenters. The van der Waals surface area contributed by atoms with Crippen LogP contribution in [0.3, 0.4) is 0 Å². The normalized spacial score (nSPS) is 16.4. The van der Waals surface area contributed by atoms with Crippen LogP contribution in [0.25, 0.3) is 10.1 Å². The van der Waals surface area contributed by atoms with Crippen molar-refractivity contribution in [3.05, 3.63) is 27.5 Å². The van der Waals surface area contributed by atoms with Gasteiger partial charge in [0.05, 0.1) is 5.69 Å². The monoisotopic (exact) mass is 353 g/mol. The number of carbonyl (C=O) groups excluding carboxylic acids is 1. The molecule has 1 aliphatic heterocycles. The Hall–Kier alpha value is -1.11. The standard InChI is InChI=1S/C14H16BrN3OS/c15-9-2-3-11-10(8-9)12(16)13(20-11)14(19)18-6-1-4-17-5-7-18/h2-3,8,17H,1,4-7,16H2. The lowest BCUT2D eigenvalue weighted by molar-refractivity contribution is 0.0772. The van der Waals surface area contributed by atoms with Crippen molar-refractivity contribution in [2.45, 2.75) is 6.42 Å². The van der Waals surface area contributed by atoms with E-state index in [-0.39, 0.29) is 5.91 Å². The van der Waals surface area contributed by atoms with Crippen LogP contribution >= 0.6 is 27.3 Å². The van der Waals surface area contributed by atoms with Crippen LogP contribution in [-0.2, 0) is 0 Å². The molecule has 1 aromatic heterocycles. The first-order valence-corrected chi connectivity index (χ1v) is 8.25. The third-order valence-corrected chi connectivity index (χ3v) is 5.18. The van der Waals surface area contributed by atoms with Gasteiger partial charge in [0.1, 0.15) is 4.88 Å². The largest absolute Gasteiger partial charge is 0.397 e. The van der Waals surface area contributed by atoms with Gasteiger partial charge in [0.2, 0.25) is 0 Å². The van der Waals surface area contributed by atoms with E-state index >= 15 is 0 Å². The molecule has 1 aromatic carbocycles. The summed E-state index contributed by atoms with van der Waals surface area (Å²) in [5, 5.41) is 4.26. The van der Waals surface area contributed by atoms with Gasteiger partial charge in [-0.2, -0.15) is 0 Å². The number of rotatable bonds is 1. The van der Waals surface area contributed by atoms with Crippen LogP contribution in [0.2, 0.25) is 0 Å². The van der Waals surface area contributed by atoms with Crippen LogP contribution in [0, 0.1) is 0 Å². The first-order chi connectivity index (χ1) is 9.66. The predicted molar refractivity (Wildman–Crippen MR) is 87.3 cm³/mol. The quantitative estimate of drug-likeness (QED) is 0.828. The molecule has 0 bridgehead atoms. The highest BCUT2D eigenvalue weighted by Crippen LogP contribution is 2.36. The summed E-state index contributed by atoms with van der Waals surface area (Å²) in [5.41, 5.74) is 6.79. The molecule has 0 atom stereocenters. The molecular formula is C14H16BrN3OS. The number of nitrogens with two attached hydrogens (primary N) is 1. The van der Waals surface area contributed by atoms with E-state index < -0.39 is 0 Å². The molecule has 2 heterocycles. The van der Waals surface area contributed by atoms with Gasteiger partial charge in [-0.25, -0.2) is 0 Å². The number of amides is 1. The number of hydrogen-bond acceptors (Lipinski definition) is 4. The number of fused-ring (bicyclic) bond motifs is 1. The molecule has 106 valence electrons. The number of hydrogen-bond donors (Lipinski definition) is 2. The molecule has 0 saturated carbocycles. The Morgan fingerprint density at radius 2 is 2.20 bits per heavy atom. The average Bonchev–Trinajstić information content (AvgIpc) is 2.66. The molecule has 4 nitrogen and oxygen atoms in total. The summed E-state index contributed by atoms with van der Waals surface area (Å²) in [6.45, 7) is 3.36. The van der Waals surface area contributed by atoms with Crippen molar-refractivity contribution in [3.8, 4) is 0 Å². The first kappa shape index (κ1) is 13.9. The van der Waals surface area contributed by atoms with Crippen molar-refractivity contribution in [2.75, 3.05) is 31.9 Å². The van der Waals surface area contributed by atoms with E-state index in [1.54, 1.807) is 0 Å². The molecule has 2 aromatic rings. The van der Waals surface area contributed by atoms with Crippen molar-refractivity contribution in [1.29, 1.82) is 0 Å². The Balaban J connectivity index is 1.96. The third kappa shape index (κ3) is 2.55. The molecule has 6 heteroatoms. The van der Waals surface area contributed by atoms with Crippen molar-refractivity contribution >= 4 is 48.9 Å². The second-order valence-corrected chi connectivity index (χ2v) is 6.85. The lowest BCUT2D eigenvalue weighted by atomic mass is 10.2. The SMILES string of the molecule is Nc1c(C(=O)N2CCCNCC2)sc2ccc(Br)cc12. The Kier molecular flexibility index (Phi) is 3.96. The summed E-state index contributed by atoms with van der Waals surface area (Å²) >= 11 is 4.93. The summed E-state index contributed by atoms with van der Waals surface area (Å²) < 4.78 is 2.04. The van der Waals surface area contributed by atoms with Crippen LogP contribution < -0.4 is 11.1 Å². The van der Waals surface area contributed by atoms with E-state index in [0.29, 0.717) is 10.6 Å². The highest BCUT2D eigenvalue weighted by molar-refractivity contribution is 9.10. The molecule has 1 fully saturated rings. The summed E-state index contributed by atoms with van der Waals surface area (Å²) in [6, 6.07) is 5.95. The number of thiophene rings is 1. The number of benzene rings is 1. The number of nitrogens with one attached hydrogen (secondary N) is 1. The predicted octanol–water partition coefficient (Wildman–Crippen LogP) is 2.68. The number of nitrogens with zero attached hydrogens (tertiary/aromatic N) is 1. The highest BCUT2D eigenvalue weighted by Gasteiger charge is 2.22. The maximum Gasteiger partial charge on any atom is 0.266 e. The lowest BCUT2D eigenvalue weighted by Crippen LogP contribution is -2.34. The molecule has 3 N–H and O–H groups in total. The third-order valence-electron chi connectivity index (χ3n) is 3.51. The second-order valence-electron chi connectivity index (χ2n) is 4.88. The van der Waals surface area contributed by atoms with Crippen LogP contribution in [0.4, 0.5) is 5.69 Å². The van der Waals surface area contributed by atoms with Gasteiger partial charge in [0, 0.05) is 34.2 Å². The molecule has 0 radical (unpaired) electrons. The van der Waals surface area contributed by atoms with Crippen LogP contribution in [0.15, 0.2) is 22.7 Å². The fraction of sp³-hybridized carbons (Fsp3) is 0.357. The van der Waals surface area contributed by atoms with Crippen LogP contribution in [0.1, 0.15) is 16.1 Å². The molecule has 1 amide bonds. The zero-order valence-corrected chi connectivity index (χ0v) is 13.4. The fourth-order valence-electron chi connectivity index (χ4n) is 2.44. The Bertz CT molecular complexity index is 647. The lowest BCUT2D eigenvalue weighted by Gasteiger charge is -2.19. The summed E-state index contributed by atoms with van der Waals surface area (Å²) in [6.07, 6.45) is 0.988. The van der Waals surface area contributed by atoms with Gasteiger partial charge in [0.15, 0.2) is 0 Å². The molecule has 0 aliphatic carbocycles. The van der Waals surface area contributed by atoms with E-state index in [1.807, 2.05) is 23.1 Å². The second kappa shape index (κ2) is 5.71. The Labute approximate surface area is 130 Å². The summed E-state index contributed by atoms with van der Waals surface area (Å²) in [5.74, 6) is 0.0588. The van der Waals surface area contributed by atoms with Crippen molar-refractivity contribution in [1.82, 2.24) is 10.2 Å². The van der Waals surface area contributed by atoms with Gasteiger partial charge in [0.25, 0.3) is 5.91 Å². The molecule has 3 rings (SSSR count). The van der Waals surface area contributed by atoms with Gasteiger partial charge in [-0.3, -0.25) is 4.79 Å². The zero-order chi connectivity index (χ0) is 14.1. The minimum absolute atomic E-state index is 0.0588. The smallest absolute Gasteiger partial charge is 0.266 e. The number of anilines is 1. The maximum atomic E-state index is 12.6. The number of nitrogen functional groups attached to an aromatic ring is 1. The van der Waals surface area contributed by atoms with Crippen molar-refractivity contribution in [3.63, 3.8) is 0 Å². The Morgan fingerprint density at radius 1 is 1.35 bits per heavy atom. The molecule has 0 spiro atoms. The topological polar surface area (TPSA) is 58.4 Å². The van der Waals surface area contributed by atoms with Gasteiger partial charge in [-0.05, 0) is 31.2 Å². The van der Waals surface area contributed by atoms with Crippen LogP contribution in [-0.4, -0.2) is 37.0 Å². The summed E-state index contributed by atoms with van der Waals surface area (Å²) in [7, 11) is 0. The van der Waals surface area contributed by atoms with Gasteiger partial charge < -0.3 is 16.0 Å². The highest BCUT2D eigenvalue weighted by atomic mass is 79.9.